The molecule has 1 aliphatic rings. The number of urea groups is 1. The van der Waals surface area contributed by atoms with Crippen LogP contribution < -0.4 is 5.32 Å². The van der Waals surface area contributed by atoms with Crippen LogP contribution in [0.1, 0.15) is 18.3 Å². The Bertz CT molecular complexity index is 882. The van der Waals surface area contributed by atoms with Gasteiger partial charge in [0.15, 0.2) is 11.5 Å². The van der Waals surface area contributed by atoms with Gasteiger partial charge in [-0.1, -0.05) is 0 Å². The summed E-state index contributed by atoms with van der Waals surface area (Å²) in [5, 5.41) is 11.3. The SMILES string of the molecule is CO[C@@H]1C[C@@H](c2nnc3cnccn23)N(C(=O)Nc2ccncc2)C1. The summed E-state index contributed by atoms with van der Waals surface area (Å²) in [6, 6.07) is 3.05. The molecular formula is C16H17N7O2. The predicted molar refractivity (Wildman–Crippen MR) is 88.9 cm³/mol. The zero-order valence-electron chi connectivity index (χ0n) is 13.6. The first-order valence-corrected chi connectivity index (χ1v) is 7.91. The third-order valence-corrected chi connectivity index (χ3v) is 4.33. The van der Waals surface area contributed by atoms with Gasteiger partial charge < -0.3 is 15.0 Å². The molecule has 3 aromatic heterocycles. The fourth-order valence-corrected chi connectivity index (χ4v) is 3.07. The van der Waals surface area contributed by atoms with Gasteiger partial charge in [0.1, 0.15) is 0 Å². The van der Waals surface area contributed by atoms with Crippen LogP contribution in [0.5, 0.6) is 0 Å². The summed E-state index contributed by atoms with van der Waals surface area (Å²) in [7, 11) is 1.65. The summed E-state index contributed by atoms with van der Waals surface area (Å²) < 4.78 is 7.33. The van der Waals surface area contributed by atoms with E-state index in [1.54, 1.807) is 55.1 Å². The first-order chi connectivity index (χ1) is 12.3. The molecule has 0 unspecified atom stereocenters. The Morgan fingerprint density at radius 3 is 2.88 bits per heavy atom. The minimum Gasteiger partial charge on any atom is -0.380 e. The maximum absolute atomic E-state index is 12.8. The van der Waals surface area contributed by atoms with Crippen molar-refractivity contribution in [2.75, 3.05) is 19.0 Å². The van der Waals surface area contributed by atoms with Crippen LogP contribution in [-0.4, -0.2) is 55.3 Å². The van der Waals surface area contributed by atoms with Crippen molar-refractivity contribution in [3.8, 4) is 0 Å². The van der Waals surface area contributed by atoms with E-state index in [9.17, 15) is 4.79 Å². The Morgan fingerprint density at radius 2 is 2.08 bits per heavy atom. The van der Waals surface area contributed by atoms with Gasteiger partial charge in [0.25, 0.3) is 0 Å². The summed E-state index contributed by atoms with van der Waals surface area (Å²) in [4.78, 5) is 22.5. The normalized spacial score (nSPS) is 20.1. The smallest absolute Gasteiger partial charge is 0.322 e. The summed E-state index contributed by atoms with van der Waals surface area (Å²) in [5.74, 6) is 0.696. The number of amides is 2. The van der Waals surface area contributed by atoms with Crippen LogP contribution in [-0.2, 0) is 4.74 Å². The number of nitrogens with one attached hydrogen (secondary N) is 1. The predicted octanol–water partition coefficient (Wildman–Crippen LogP) is 1.51. The average Bonchev–Trinajstić information content (AvgIpc) is 3.26. The molecular weight excluding hydrogens is 322 g/mol. The van der Waals surface area contributed by atoms with E-state index in [-0.39, 0.29) is 18.2 Å². The van der Waals surface area contributed by atoms with E-state index in [2.05, 4.69) is 25.5 Å². The van der Waals surface area contributed by atoms with E-state index in [0.29, 0.717) is 30.1 Å². The molecule has 25 heavy (non-hydrogen) atoms. The quantitative estimate of drug-likeness (QED) is 0.777. The molecule has 2 atom stereocenters. The number of methoxy groups -OCH3 is 1. The van der Waals surface area contributed by atoms with Crippen LogP contribution in [0.2, 0.25) is 0 Å². The number of nitrogens with zero attached hydrogens (tertiary/aromatic N) is 6. The fraction of sp³-hybridized carbons (Fsp3) is 0.312. The van der Waals surface area contributed by atoms with Gasteiger partial charge in [0.2, 0.25) is 0 Å². The summed E-state index contributed by atoms with van der Waals surface area (Å²) >= 11 is 0. The first-order valence-electron chi connectivity index (χ1n) is 7.91. The molecule has 0 bridgehead atoms. The van der Waals surface area contributed by atoms with Crippen molar-refractivity contribution in [1.82, 2.24) is 29.5 Å². The number of pyridine rings is 1. The van der Waals surface area contributed by atoms with Gasteiger partial charge in [-0.3, -0.25) is 14.4 Å². The van der Waals surface area contributed by atoms with E-state index in [0.717, 1.165) is 0 Å². The molecule has 4 heterocycles. The Balaban J connectivity index is 1.64. The molecule has 0 aromatic carbocycles. The van der Waals surface area contributed by atoms with Gasteiger partial charge in [0, 0.05) is 50.6 Å². The highest BCUT2D eigenvalue weighted by Crippen LogP contribution is 2.33. The van der Waals surface area contributed by atoms with Crippen LogP contribution in [0.4, 0.5) is 10.5 Å². The molecule has 128 valence electrons. The molecule has 0 aliphatic carbocycles. The number of carbonyl (C=O) groups excluding carboxylic acids is 1. The van der Waals surface area contributed by atoms with E-state index in [1.165, 1.54) is 0 Å². The van der Waals surface area contributed by atoms with Gasteiger partial charge >= 0.3 is 6.03 Å². The minimum atomic E-state index is -0.232. The minimum absolute atomic E-state index is 0.0534. The second-order valence-electron chi connectivity index (χ2n) is 5.79. The maximum Gasteiger partial charge on any atom is 0.322 e. The lowest BCUT2D eigenvalue weighted by atomic mass is 10.2. The molecule has 3 aromatic rings. The monoisotopic (exact) mass is 339 g/mol. The highest BCUT2D eigenvalue weighted by Gasteiger charge is 2.39. The van der Waals surface area contributed by atoms with Crippen LogP contribution in [0, 0.1) is 0 Å². The molecule has 1 aliphatic heterocycles. The van der Waals surface area contributed by atoms with Crippen molar-refractivity contribution in [2.24, 2.45) is 0 Å². The highest BCUT2D eigenvalue weighted by atomic mass is 16.5. The maximum atomic E-state index is 12.8. The highest BCUT2D eigenvalue weighted by molar-refractivity contribution is 5.89. The van der Waals surface area contributed by atoms with Gasteiger partial charge in [-0.2, -0.15) is 0 Å². The zero-order chi connectivity index (χ0) is 17.2. The number of rotatable bonds is 3. The topological polar surface area (TPSA) is 97.5 Å². The number of ether oxygens (including phenoxy) is 1. The second kappa shape index (κ2) is 6.44. The number of hydrogen-bond donors (Lipinski definition) is 1. The third-order valence-electron chi connectivity index (χ3n) is 4.33. The van der Waals surface area contributed by atoms with E-state index >= 15 is 0 Å². The number of hydrogen-bond acceptors (Lipinski definition) is 6. The van der Waals surface area contributed by atoms with Crippen molar-refractivity contribution in [2.45, 2.75) is 18.6 Å². The molecule has 9 heteroatoms. The van der Waals surface area contributed by atoms with Crippen LogP contribution >= 0.6 is 0 Å². The van der Waals surface area contributed by atoms with Crippen LogP contribution in [0.15, 0.2) is 43.1 Å². The van der Waals surface area contributed by atoms with Crippen molar-refractivity contribution >= 4 is 17.4 Å². The van der Waals surface area contributed by atoms with Crippen molar-refractivity contribution in [3.63, 3.8) is 0 Å². The van der Waals surface area contributed by atoms with Gasteiger partial charge in [-0.05, 0) is 12.1 Å². The van der Waals surface area contributed by atoms with Gasteiger partial charge in [-0.15, -0.1) is 10.2 Å². The molecule has 0 spiro atoms. The average molecular weight is 339 g/mol. The molecule has 1 saturated heterocycles. The molecule has 1 fully saturated rings. The lowest BCUT2D eigenvalue weighted by Gasteiger charge is -2.23. The second-order valence-corrected chi connectivity index (χ2v) is 5.79. The molecule has 2 amide bonds. The lowest BCUT2D eigenvalue weighted by molar-refractivity contribution is 0.111. The standard InChI is InChI=1S/C16H17N7O2/c1-25-12-8-13(15-21-20-14-9-18-6-7-22(14)15)23(10-12)16(24)19-11-2-4-17-5-3-11/h2-7,9,12-13H,8,10H2,1H3,(H,17,19,24)/t12-,13+/m1/s1. The Hall–Kier alpha value is -3.07. The molecule has 9 nitrogen and oxygen atoms in total. The third kappa shape index (κ3) is 2.89. The molecule has 4 rings (SSSR count). The molecule has 0 radical (unpaired) electrons. The fourth-order valence-electron chi connectivity index (χ4n) is 3.07. The van der Waals surface area contributed by atoms with E-state index < -0.39 is 0 Å². The van der Waals surface area contributed by atoms with Crippen LogP contribution in [0.3, 0.4) is 0 Å². The summed E-state index contributed by atoms with van der Waals surface area (Å²) in [5.41, 5.74) is 1.34. The number of carbonyl (C=O) groups is 1. The number of likely N-dealkylation sites (tertiary alicyclic amines) is 1. The lowest BCUT2D eigenvalue weighted by Crippen LogP contribution is -2.36. The first kappa shape index (κ1) is 15.5. The Morgan fingerprint density at radius 1 is 1.24 bits per heavy atom. The summed E-state index contributed by atoms with van der Waals surface area (Å²) in [6.45, 7) is 0.484. The van der Waals surface area contributed by atoms with Crippen LogP contribution in [0.25, 0.3) is 5.65 Å². The van der Waals surface area contributed by atoms with Gasteiger partial charge in [0.05, 0.1) is 18.3 Å². The molecule has 1 N–H and O–H groups in total. The van der Waals surface area contributed by atoms with E-state index in [4.69, 9.17) is 4.74 Å². The number of anilines is 1. The number of aromatic nitrogens is 5. The zero-order valence-corrected chi connectivity index (χ0v) is 13.6. The number of fused-ring (bicyclic) bond motifs is 1. The van der Waals surface area contributed by atoms with Crippen molar-refractivity contribution in [3.05, 3.63) is 48.9 Å². The van der Waals surface area contributed by atoms with Crippen molar-refractivity contribution < 1.29 is 9.53 Å². The Labute approximate surface area is 143 Å². The van der Waals surface area contributed by atoms with E-state index in [1.807, 2.05) is 4.40 Å². The molecule has 0 saturated carbocycles. The Kier molecular flexibility index (Phi) is 3.98. The largest absolute Gasteiger partial charge is 0.380 e. The van der Waals surface area contributed by atoms with Crippen molar-refractivity contribution in [1.29, 1.82) is 0 Å². The summed E-state index contributed by atoms with van der Waals surface area (Å²) in [6.07, 6.45) is 8.97. The van der Waals surface area contributed by atoms with Gasteiger partial charge in [-0.25, -0.2) is 4.79 Å².